The molecule has 0 amide bonds. The fourth-order valence-electron chi connectivity index (χ4n) is 4.51. The maximum atomic E-state index is 10.1. The zero-order chi connectivity index (χ0) is 20.9. The van der Waals surface area contributed by atoms with Crippen LogP contribution in [0.1, 0.15) is 30.4 Å². The predicted octanol–water partition coefficient (Wildman–Crippen LogP) is 3.45. The summed E-state index contributed by atoms with van der Waals surface area (Å²) in [7, 11) is 1.85. The van der Waals surface area contributed by atoms with Gasteiger partial charge in [-0.2, -0.15) is 0 Å². The van der Waals surface area contributed by atoms with Gasteiger partial charge < -0.3 is 24.6 Å². The summed E-state index contributed by atoms with van der Waals surface area (Å²) in [5.41, 5.74) is 0.905. The molecule has 2 aliphatic heterocycles. The lowest BCUT2D eigenvalue weighted by atomic mass is 10.2. The molecule has 0 radical (unpaired) electrons. The zero-order valence-electron chi connectivity index (χ0n) is 18.5. The first-order valence-electron chi connectivity index (χ1n) is 10.9. The topological polar surface area (TPSA) is 67.5 Å². The van der Waals surface area contributed by atoms with Gasteiger partial charge in [0.15, 0.2) is 5.96 Å². The van der Waals surface area contributed by atoms with Crippen molar-refractivity contribution >= 4 is 35.6 Å². The molecule has 2 fully saturated rings. The highest BCUT2D eigenvalue weighted by atomic mass is 127. The van der Waals surface area contributed by atoms with Crippen LogP contribution in [0.5, 0.6) is 5.75 Å². The van der Waals surface area contributed by atoms with E-state index in [-0.39, 0.29) is 30.0 Å². The van der Waals surface area contributed by atoms with E-state index in [9.17, 15) is 5.11 Å². The van der Waals surface area contributed by atoms with Crippen molar-refractivity contribution in [2.75, 3.05) is 57.8 Å². The summed E-state index contributed by atoms with van der Waals surface area (Å²) in [6, 6.07) is 11.9. The Hall–Kier alpha value is -1.94. The number of benzene rings is 1. The van der Waals surface area contributed by atoms with Gasteiger partial charge in [-0.25, -0.2) is 0 Å². The van der Waals surface area contributed by atoms with Crippen molar-refractivity contribution in [2.45, 2.75) is 25.8 Å². The number of phenolic OH excluding ortho intramolecular Hbond substituents is 1. The van der Waals surface area contributed by atoms with Crippen molar-refractivity contribution in [1.29, 1.82) is 0 Å². The number of aliphatic imine (C=N–C) groups is 1. The number of para-hydroxylation sites is 2. The highest BCUT2D eigenvalue weighted by molar-refractivity contribution is 14.0. The minimum Gasteiger partial charge on any atom is -0.506 e. The Morgan fingerprint density at radius 2 is 1.77 bits per heavy atom. The van der Waals surface area contributed by atoms with Crippen LogP contribution in [-0.4, -0.2) is 73.7 Å². The summed E-state index contributed by atoms with van der Waals surface area (Å²) in [5.74, 6) is 3.26. The largest absolute Gasteiger partial charge is 0.506 e. The monoisotopic (exact) mass is 539 g/mol. The molecule has 1 atom stereocenters. The van der Waals surface area contributed by atoms with Gasteiger partial charge >= 0.3 is 0 Å². The summed E-state index contributed by atoms with van der Waals surface area (Å²) >= 11 is 0. The van der Waals surface area contributed by atoms with Gasteiger partial charge in [0.25, 0.3) is 0 Å². The standard InChI is InChI=1S/C23H33N5O2.HI/c1-18-9-10-22(30-18)20(26-11-5-6-12-26)17-25-23(24-2)28-15-13-27(14-16-28)19-7-3-4-8-21(19)29;/h3-4,7-10,20,29H,5-6,11-17H2,1-2H3,(H,24,25);1H. The number of phenols is 1. The molecule has 1 aromatic heterocycles. The van der Waals surface area contributed by atoms with Crippen LogP contribution < -0.4 is 10.2 Å². The van der Waals surface area contributed by atoms with E-state index in [4.69, 9.17) is 4.42 Å². The molecule has 0 spiro atoms. The molecule has 2 aromatic rings. The summed E-state index contributed by atoms with van der Waals surface area (Å²) < 4.78 is 5.98. The smallest absolute Gasteiger partial charge is 0.193 e. The molecule has 2 N–H and O–H groups in total. The maximum Gasteiger partial charge on any atom is 0.193 e. The number of hydrogen-bond donors (Lipinski definition) is 2. The van der Waals surface area contributed by atoms with Gasteiger partial charge in [0, 0.05) is 39.8 Å². The predicted molar refractivity (Wildman–Crippen MR) is 136 cm³/mol. The molecule has 0 bridgehead atoms. The number of aryl methyl sites for hydroxylation is 1. The first-order valence-corrected chi connectivity index (χ1v) is 10.9. The molecule has 31 heavy (non-hydrogen) atoms. The Bertz CT molecular complexity index is 857. The number of aromatic hydroxyl groups is 1. The van der Waals surface area contributed by atoms with E-state index in [1.807, 2.05) is 38.2 Å². The van der Waals surface area contributed by atoms with Crippen molar-refractivity contribution in [3.63, 3.8) is 0 Å². The molecule has 1 unspecified atom stereocenters. The van der Waals surface area contributed by atoms with Crippen LogP contribution in [-0.2, 0) is 0 Å². The number of likely N-dealkylation sites (tertiary alicyclic amines) is 1. The summed E-state index contributed by atoms with van der Waals surface area (Å²) in [6.07, 6.45) is 2.50. The van der Waals surface area contributed by atoms with Gasteiger partial charge in [-0.3, -0.25) is 9.89 Å². The minimum atomic E-state index is 0. The third-order valence-electron chi connectivity index (χ3n) is 6.14. The average Bonchev–Trinajstić information content (AvgIpc) is 3.44. The van der Waals surface area contributed by atoms with E-state index < -0.39 is 0 Å². The first-order chi connectivity index (χ1) is 14.7. The van der Waals surface area contributed by atoms with E-state index in [1.54, 1.807) is 6.07 Å². The molecule has 1 aromatic carbocycles. The fourth-order valence-corrected chi connectivity index (χ4v) is 4.51. The second kappa shape index (κ2) is 11.1. The molecule has 2 saturated heterocycles. The van der Waals surface area contributed by atoms with Gasteiger partial charge in [-0.15, -0.1) is 24.0 Å². The van der Waals surface area contributed by atoms with Crippen molar-refractivity contribution in [2.24, 2.45) is 4.99 Å². The number of nitrogens with zero attached hydrogens (tertiary/aromatic N) is 4. The fraction of sp³-hybridized carbons (Fsp3) is 0.522. The highest BCUT2D eigenvalue weighted by Gasteiger charge is 2.27. The average molecular weight is 539 g/mol. The molecule has 0 saturated carbocycles. The Morgan fingerprint density at radius 3 is 2.39 bits per heavy atom. The molecule has 7 nitrogen and oxygen atoms in total. The summed E-state index contributed by atoms with van der Waals surface area (Å²) in [4.78, 5) is 11.6. The van der Waals surface area contributed by atoms with Gasteiger partial charge in [0.1, 0.15) is 17.3 Å². The normalized spacial score (nSPS) is 18.7. The molecule has 8 heteroatoms. The Kier molecular flexibility index (Phi) is 8.48. The first kappa shape index (κ1) is 23.7. The molecule has 2 aliphatic rings. The number of anilines is 1. The second-order valence-corrected chi connectivity index (χ2v) is 8.10. The van der Waals surface area contributed by atoms with Crippen LogP contribution in [0.15, 0.2) is 45.8 Å². The van der Waals surface area contributed by atoms with E-state index in [0.717, 1.165) is 69.0 Å². The SMILES string of the molecule is CN=C(NCC(c1ccc(C)o1)N1CCCC1)N1CCN(c2ccccc2O)CC1.I. The molecule has 3 heterocycles. The lowest BCUT2D eigenvalue weighted by molar-refractivity contribution is 0.212. The van der Waals surface area contributed by atoms with Crippen LogP contribution in [0.4, 0.5) is 5.69 Å². The highest BCUT2D eigenvalue weighted by Crippen LogP contribution is 2.28. The Labute approximate surface area is 202 Å². The van der Waals surface area contributed by atoms with Gasteiger partial charge in [-0.05, 0) is 57.1 Å². The number of piperazine rings is 1. The van der Waals surface area contributed by atoms with Crippen LogP contribution in [0, 0.1) is 6.92 Å². The van der Waals surface area contributed by atoms with E-state index in [2.05, 4.69) is 31.1 Å². The lowest BCUT2D eigenvalue weighted by Gasteiger charge is -2.38. The molecule has 4 rings (SSSR count). The van der Waals surface area contributed by atoms with Crippen LogP contribution >= 0.6 is 24.0 Å². The van der Waals surface area contributed by atoms with E-state index in [1.165, 1.54) is 12.8 Å². The van der Waals surface area contributed by atoms with Crippen molar-refractivity contribution in [3.8, 4) is 5.75 Å². The second-order valence-electron chi connectivity index (χ2n) is 8.10. The van der Waals surface area contributed by atoms with E-state index >= 15 is 0 Å². The lowest BCUT2D eigenvalue weighted by Crippen LogP contribution is -2.53. The number of hydrogen-bond acceptors (Lipinski definition) is 5. The van der Waals surface area contributed by atoms with Crippen LogP contribution in [0.3, 0.4) is 0 Å². The third kappa shape index (κ3) is 5.65. The zero-order valence-corrected chi connectivity index (χ0v) is 20.8. The van der Waals surface area contributed by atoms with Crippen LogP contribution in [0.2, 0.25) is 0 Å². The van der Waals surface area contributed by atoms with Gasteiger partial charge in [0.05, 0.1) is 11.7 Å². The number of furan rings is 1. The molecule has 0 aliphatic carbocycles. The quantitative estimate of drug-likeness (QED) is 0.345. The number of halogens is 1. The van der Waals surface area contributed by atoms with Crippen molar-refractivity contribution in [1.82, 2.24) is 15.1 Å². The maximum absolute atomic E-state index is 10.1. The number of nitrogens with one attached hydrogen (secondary N) is 1. The molecular formula is C23H34IN5O2. The summed E-state index contributed by atoms with van der Waals surface area (Å²) in [5, 5.41) is 13.7. The number of rotatable bonds is 5. The third-order valence-corrected chi connectivity index (χ3v) is 6.14. The molecule has 170 valence electrons. The Morgan fingerprint density at radius 1 is 1.06 bits per heavy atom. The Balaban J connectivity index is 0.00000272. The van der Waals surface area contributed by atoms with Gasteiger partial charge in [-0.1, -0.05) is 12.1 Å². The number of guanidine groups is 1. The van der Waals surface area contributed by atoms with Gasteiger partial charge in [0.2, 0.25) is 0 Å². The molecular weight excluding hydrogens is 505 g/mol. The summed E-state index contributed by atoms with van der Waals surface area (Å²) in [6.45, 7) is 8.44. The van der Waals surface area contributed by atoms with Crippen molar-refractivity contribution < 1.29 is 9.52 Å². The van der Waals surface area contributed by atoms with Crippen molar-refractivity contribution in [3.05, 3.63) is 47.9 Å². The van der Waals surface area contributed by atoms with Crippen LogP contribution in [0.25, 0.3) is 0 Å². The minimum absolute atomic E-state index is 0. The van der Waals surface area contributed by atoms with E-state index in [0.29, 0.717) is 5.75 Å².